The van der Waals surface area contributed by atoms with Gasteiger partial charge in [-0.3, -0.25) is 9.59 Å². The van der Waals surface area contributed by atoms with Crippen LogP contribution in [-0.2, 0) is 19.6 Å². The molecular formula is C18H26N2O5S. The van der Waals surface area contributed by atoms with Crippen LogP contribution in [0.4, 0.5) is 0 Å². The molecule has 7 nitrogen and oxygen atoms in total. The fourth-order valence-corrected chi connectivity index (χ4v) is 5.62. The predicted molar refractivity (Wildman–Crippen MR) is 97.4 cm³/mol. The van der Waals surface area contributed by atoms with Crippen LogP contribution >= 0.6 is 0 Å². The molecule has 1 aliphatic heterocycles. The molecule has 1 aromatic carbocycles. The number of amides is 1. The number of carbonyl (C=O) groups is 2. The molecule has 1 unspecified atom stereocenters. The number of benzene rings is 1. The van der Waals surface area contributed by atoms with Crippen molar-refractivity contribution in [1.29, 1.82) is 0 Å². The summed E-state index contributed by atoms with van der Waals surface area (Å²) in [7, 11) is -3.78. The third-order valence-corrected chi connectivity index (χ3v) is 6.76. The standard InChI is InChI=1S/C18H26N2O5S/c1-12-10-13(2)17(14(3)11-12)26(24,25)20-9-5-6-15(20)18(23)19-8-4-7-16(21)22/h10-11,15H,4-9H2,1-3H3,(H,19,23)(H,21,22). The number of carbonyl (C=O) groups excluding carboxylic acids is 1. The van der Waals surface area contributed by atoms with E-state index in [2.05, 4.69) is 5.32 Å². The molecule has 1 saturated heterocycles. The summed E-state index contributed by atoms with van der Waals surface area (Å²) in [6.45, 7) is 5.98. The van der Waals surface area contributed by atoms with E-state index in [0.29, 0.717) is 36.9 Å². The quantitative estimate of drug-likeness (QED) is 0.699. The number of carboxylic acid groups (broad SMARTS) is 1. The minimum Gasteiger partial charge on any atom is -0.481 e. The minimum absolute atomic E-state index is 0.0330. The van der Waals surface area contributed by atoms with Gasteiger partial charge in [-0.2, -0.15) is 4.31 Å². The number of rotatable bonds is 7. The monoisotopic (exact) mass is 382 g/mol. The number of aryl methyl sites for hydroxylation is 3. The molecule has 8 heteroatoms. The molecule has 1 atom stereocenters. The number of nitrogens with one attached hydrogen (secondary N) is 1. The Morgan fingerprint density at radius 2 is 1.85 bits per heavy atom. The lowest BCUT2D eigenvalue weighted by molar-refractivity contribution is -0.137. The summed E-state index contributed by atoms with van der Waals surface area (Å²) in [6, 6.07) is 2.92. The zero-order chi connectivity index (χ0) is 19.5. The lowest BCUT2D eigenvalue weighted by atomic mass is 10.1. The first-order valence-corrected chi connectivity index (χ1v) is 10.2. The Morgan fingerprint density at radius 3 is 2.42 bits per heavy atom. The molecule has 2 N–H and O–H groups in total. The van der Waals surface area contributed by atoms with Gasteiger partial charge in [-0.05, 0) is 51.2 Å². The highest BCUT2D eigenvalue weighted by atomic mass is 32.2. The van der Waals surface area contributed by atoms with Crippen LogP contribution in [0.2, 0.25) is 0 Å². The first-order valence-electron chi connectivity index (χ1n) is 8.74. The third-order valence-electron chi connectivity index (χ3n) is 4.54. The van der Waals surface area contributed by atoms with Crippen LogP contribution in [0.3, 0.4) is 0 Å². The Morgan fingerprint density at radius 1 is 1.23 bits per heavy atom. The summed E-state index contributed by atoms with van der Waals surface area (Å²) in [5.74, 6) is -1.28. The van der Waals surface area contributed by atoms with Crippen LogP contribution in [0.5, 0.6) is 0 Å². The fourth-order valence-electron chi connectivity index (χ4n) is 3.55. The number of hydrogen-bond acceptors (Lipinski definition) is 4. The Kier molecular flexibility index (Phi) is 6.41. The van der Waals surface area contributed by atoms with E-state index in [0.717, 1.165) is 5.56 Å². The van der Waals surface area contributed by atoms with Crippen LogP contribution in [0.15, 0.2) is 17.0 Å². The van der Waals surface area contributed by atoms with Crippen molar-refractivity contribution in [3.05, 3.63) is 28.8 Å². The molecule has 2 rings (SSSR count). The van der Waals surface area contributed by atoms with Gasteiger partial charge in [0.25, 0.3) is 0 Å². The van der Waals surface area contributed by atoms with Crippen molar-refractivity contribution < 1.29 is 23.1 Å². The van der Waals surface area contributed by atoms with Crippen molar-refractivity contribution in [1.82, 2.24) is 9.62 Å². The summed E-state index contributed by atoms with van der Waals surface area (Å²) < 4.78 is 27.7. The topological polar surface area (TPSA) is 104 Å². The summed E-state index contributed by atoms with van der Waals surface area (Å²) in [5, 5.41) is 11.3. The molecule has 1 heterocycles. The zero-order valence-electron chi connectivity index (χ0n) is 15.4. The van der Waals surface area contributed by atoms with E-state index in [1.807, 2.05) is 19.1 Å². The van der Waals surface area contributed by atoms with Crippen LogP contribution in [0.25, 0.3) is 0 Å². The first-order chi connectivity index (χ1) is 12.1. The molecule has 144 valence electrons. The molecular weight excluding hydrogens is 356 g/mol. The van der Waals surface area contributed by atoms with Crippen molar-refractivity contribution in [3.63, 3.8) is 0 Å². The van der Waals surface area contributed by atoms with Crippen molar-refractivity contribution in [2.75, 3.05) is 13.1 Å². The highest BCUT2D eigenvalue weighted by Crippen LogP contribution is 2.30. The first kappa shape index (κ1) is 20.4. The maximum atomic E-state index is 13.2. The van der Waals surface area contributed by atoms with Crippen molar-refractivity contribution in [2.24, 2.45) is 0 Å². The highest BCUT2D eigenvalue weighted by molar-refractivity contribution is 7.89. The summed E-state index contributed by atoms with van der Waals surface area (Å²) >= 11 is 0. The molecule has 1 aromatic rings. The number of nitrogens with zero attached hydrogens (tertiary/aromatic N) is 1. The number of aliphatic carboxylic acids is 1. The van der Waals surface area contributed by atoms with Gasteiger partial charge in [0.2, 0.25) is 15.9 Å². The lowest BCUT2D eigenvalue weighted by Gasteiger charge is -2.25. The van der Waals surface area contributed by atoms with E-state index in [1.54, 1.807) is 13.8 Å². The smallest absolute Gasteiger partial charge is 0.303 e. The minimum atomic E-state index is -3.78. The summed E-state index contributed by atoms with van der Waals surface area (Å²) in [6.07, 6.45) is 1.37. The molecule has 0 bridgehead atoms. The van der Waals surface area contributed by atoms with Crippen molar-refractivity contribution in [3.8, 4) is 0 Å². The van der Waals surface area contributed by atoms with Gasteiger partial charge in [-0.25, -0.2) is 8.42 Å². The molecule has 26 heavy (non-hydrogen) atoms. The number of hydrogen-bond donors (Lipinski definition) is 2. The van der Waals surface area contributed by atoms with Gasteiger partial charge in [-0.1, -0.05) is 17.7 Å². The fraction of sp³-hybridized carbons (Fsp3) is 0.556. The summed E-state index contributed by atoms with van der Waals surface area (Å²) in [4.78, 5) is 23.2. The van der Waals surface area contributed by atoms with Gasteiger partial charge in [-0.15, -0.1) is 0 Å². The maximum absolute atomic E-state index is 13.2. The van der Waals surface area contributed by atoms with Crippen molar-refractivity contribution >= 4 is 21.9 Å². The van der Waals surface area contributed by atoms with E-state index < -0.39 is 22.0 Å². The van der Waals surface area contributed by atoms with Gasteiger partial charge >= 0.3 is 5.97 Å². The molecule has 0 aromatic heterocycles. The van der Waals surface area contributed by atoms with Crippen LogP contribution in [-0.4, -0.2) is 48.8 Å². The average molecular weight is 382 g/mol. The second kappa shape index (κ2) is 8.18. The molecule has 0 spiro atoms. The van der Waals surface area contributed by atoms with E-state index >= 15 is 0 Å². The van der Waals surface area contributed by atoms with Crippen molar-refractivity contribution in [2.45, 2.75) is 57.4 Å². The number of sulfonamides is 1. The second-order valence-electron chi connectivity index (χ2n) is 6.79. The Bertz CT molecular complexity index is 781. The zero-order valence-corrected chi connectivity index (χ0v) is 16.2. The normalized spacial score (nSPS) is 18.0. The summed E-state index contributed by atoms with van der Waals surface area (Å²) in [5.41, 5.74) is 2.35. The van der Waals surface area contributed by atoms with Gasteiger partial charge in [0.15, 0.2) is 0 Å². The van der Waals surface area contributed by atoms with Crippen LogP contribution in [0, 0.1) is 20.8 Å². The largest absolute Gasteiger partial charge is 0.481 e. The van der Waals surface area contributed by atoms with Crippen LogP contribution < -0.4 is 5.32 Å². The highest BCUT2D eigenvalue weighted by Gasteiger charge is 2.40. The molecule has 0 aliphatic carbocycles. The number of carboxylic acids is 1. The van der Waals surface area contributed by atoms with Gasteiger partial charge in [0, 0.05) is 19.5 Å². The van der Waals surface area contributed by atoms with E-state index in [1.165, 1.54) is 4.31 Å². The molecule has 1 aliphatic rings. The van der Waals surface area contributed by atoms with E-state index in [4.69, 9.17) is 5.11 Å². The Balaban J connectivity index is 2.18. The lowest BCUT2D eigenvalue weighted by Crippen LogP contribution is -2.46. The molecule has 1 fully saturated rings. The SMILES string of the molecule is Cc1cc(C)c(S(=O)(=O)N2CCCC2C(=O)NCCCC(=O)O)c(C)c1. The van der Waals surface area contributed by atoms with E-state index in [-0.39, 0.29) is 23.8 Å². The molecule has 0 saturated carbocycles. The second-order valence-corrected chi connectivity index (χ2v) is 8.62. The van der Waals surface area contributed by atoms with Gasteiger partial charge in [0.05, 0.1) is 4.90 Å². The molecule has 1 amide bonds. The van der Waals surface area contributed by atoms with Crippen LogP contribution in [0.1, 0.15) is 42.4 Å². The Hall–Kier alpha value is -1.93. The molecule has 0 radical (unpaired) electrons. The Labute approximate surface area is 154 Å². The van der Waals surface area contributed by atoms with Gasteiger partial charge < -0.3 is 10.4 Å². The van der Waals surface area contributed by atoms with E-state index in [9.17, 15) is 18.0 Å². The third kappa shape index (κ3) is 4.42. The van der Waals surface area contributed by atoms with Gasteiger partial charge in [0.1, 0.15) is 6.04 Å². The predicted octanol–water partition coefficient (Wildman–Crippen LogP) is 1.75. The average Bonchev–Trinajstić information content (AvgIpc) is 3.00. The maximum Gasteiger partial charge on any atom is 0.303 e.